The minimum absolute atomic E-state index is 0.0274. The summed E-state index contributed by atoms with van der Waals surface area (Å²) in [6.07, 6.45) is 1.57. The van der Waals surface area contributed by atoms with Gasteiger partial charge < -0.3 is 41.6 Å². The second kappa shape index (κ2) is 17.1. The van der Waals surface area contributed by atoms with E-state index >= 15 is 0 Å². The van der Waals surface area contributed by atoms with Gasteiger partial charge in [-0.05, 0) is 54.7 Å². The van der Waals surface area contributed by atoms with Gasteiger partial charge in [-0.15, -0.1) is 23.1 Å². The summed E-state index contributed by atoms with van der Waals surface area (Å²) in [6, 6.07) is 1.29. The van der Waals surface area contributed by atoms with Crippen molar-refractivity contribution < 1.29 is 49.2 Å². The third-order valence-corrected chi connectivity index (χ3v) is 13.0. The quantitative estimate of drug-likeness (QED) is 0.0472. The Morgan fingerprint density at radius 1 is 1.17 bits per heavy atom. The van der Waals surface area contributed by atoms with Gasteiger partial charge >= 0.3 is 11.9 Å². The Labute approximate surface area is 327 Å². The van der Waals surface area contributed by atoms with Gasteiger partial charge in [0.05, 0.1) is 10.6 Å². The Bertz CT molecular complexity index is 1870. The van der Waals surface area contributed by atoms with Gasteiger partial charge in [-0.25, -0.2) is 14.6 Å². The van der Waals surface area contributed by atoms with Crippen molar-refractivity contribution in [2.45, 2.75) is 64.0 Å². The van der Waals surface area contributed by atoms with Gasteiger partial charge in [-0.3, -0.25) is 19.3 Å². The van der Waals surface area contributed by atoms with E-state index in [-0.39, 0.29) is 62.2 Å². The van der Waals surface area contributed by atoms with Crippen LogP contribution in [-0.4, -0.2) is 107 Å². The maximum absolute atomic E-state index is 13.6. The number of thioether (sulfide) groups is 2. The second-order valence-corrected chi connectivity index (χ2v) is 17.6. The number of halogens is 1. The van der Waals surface area contributed by atoms with Crippen LogP contribution in [0.15, 0.2) is 33.9 Å². The number of carboxylic acids is 2. The number of benzene rings is 1. The number of anilines is 1. The van der Waals surface area contributed by atoms with E-state index in [0.29, 0.717) is 30.1 Å². The number of phenols is 2. The third-order valence-electron chi connectivity index (χ3n) is 9.59. The highest BCUT2D eigenvalue weighted by Gasteiger charge is 2.54. The molecule has 5 rings (SSSR count). The largest absolute Gasteiger partial charge is 0.504 e. The molecule has 1 unspecified atom stereocenters. The molecule has 1 aliphatic carbocycles. The molecule has 20 heteroatoms. The van der Waals surface area contributed by atoms with Crippen LogP contribution in [0.2, 0.25) is 5.02 Å². The van der Waals surface area contributed by atoms with Crippen molar-refractivity contribution in [2.24, 2.45) is 22.4 Å². The number of fused-ring (bicyclic) bond motifs is 1. The lowest BCUT2D eigenvalue weighted by Crippen LogP contribution is -2.71. The zero-order chi connectivity index (χ0) is 39.5. The number of carbonyl (C=O) groups excluding carboxylic acids is 3. The van der Waals surface area contributed by atoms with E-state index in [1.165, 1.54) is 35.0 Å². The fourth-order valence-corrected chi connectivity index (χ4v) is 9.74. The van der Waals surface area contributed by atoms with Crippen LogP contribution < -0.4 is 16.4 Å². The monoisotopic (exact) mass is 824 g/mol. The number of hydrogen-bond acceptors (Lipinski definition) is 14. The SMILES string of the molecule is CC(C)(C)C1CCC(C(O/N=C(\C(=O)N[C@@H]2C(=O)N3C(C(=O)O)=C(CSCCNC(=O)c4ccc(O)c(O)c4Cl)CS[C@H]23)c2csc(N)n2)C(=O)O)CC1. The first kappa shape index (κ1) is 41.0. The fourth-order valence-electron chi connectivity index (χ4n) is 6.59. The van der Waals surface area contributed by atoms with Crippen molar-refractivity contribution in [3.05, 3.63) is 45.1 Å². The van der Waals surface area contributed by atoms with Crippen molar-refractivity contribution in [2.75, 3.05) is 29.5 Å². The lowest BCUT2D eigenvalue weighted by molar-refractivity contribution is -0.156. The lowest BCUT2D eigenvalue weighted by atomic mass is 9.69. The predicted molar refractivity (Wildman–Crippen MR) is 205 cm³/mol. The normalized spacial score (nSPS) is 22.2. The lowest BCUT2D eigenvalue weighted by Gasteiger charge is -2.49. The number of aliphatic carboxylic acids is 2. The van der Waals surface area contributed by atoms with Crippen LogP contribution >= 0.6 is 46.5 Å². The Morgan fingerprint density at radius 2 is 1.87 bits per heavy atom. The van der Waals surface area contributed by atoms with E-state index in [1.54, 1.807) is 0 Å². The molecular weight excluding hydrogens is 784 g/mol. The standard InChI is InChI=1S/C34H41ClN6O10S3/c1-34(2,3)17-6-4-15(5-7-17)26(32(49)50)51-40-22(19-14-54-33(36)38-19)28(45)39-23-29(46)41-24(31(47)48)16(13-53-30(23)41)12-52-11-10-37-27(44)18-8-9-20(42)25(43)21(18)35/h8-9,14-15,17,23,26,30,42-43H,4-7,10-13H2,1-3H3,(H2,36,38)(H,37,44)(H,39,45)(H,47,48)(H,49,50)/b40-22-/t15?,17?,23-,26?,30-/m1/s1. The number of carboxylic acid groups (broad SMARTS) is 2. The van der Waals surface area contributed by atoms with E-state index in [0.717, 1.165) is 35.1 Å². The van der Waals surface area contributed by atoms with E-state index in [9.17, 15) is 44.4 Å². The van der Waals surface area contributed by atoms with E-state index in [1.807, 2.05) is 0 Å². The minimum Gasteiger partial charge on any atom is -0.504 e. The first-order chi connectivity index (χ1) is 25.5. The smallest absolute Gasteiger partial charge is 0.352 e. The van der Waals surface area contributed by atoms with Crippen LogP contribution in [0.1, 0.15) is 62.5 Å². The summed E-state index contributed by atoms with van der Waals surface area (Å²) in [7, 11) is 0. The number of nitrogens with zero attached hydrogens (tertiary/aromatic N) is 3. The first-order valence-electron chi connectivity index (χ1n) is 16.9. The second-order valence-electron chi connectivity index (χ2n) is 14.1. The molecule has 8 N–H and O–H groups in total. The number of β-lactam (4-membered cyclic amide) rings is 1. The molecule has 0 bridgehead atoms. The van der Waals surface area contributed by atoms with Crippen LogP contribution in [0.3, 0.4) is 0 Å². The molecule has 0 radical (unpaired) electrons. The number of nitrogens with two attached hydrogens (primary N) is 1. The summed E-state index contributed by atoms with van der Waals surface area (Å²) >= 11 is 9.57. The van der Waals surface area contributed by atoms with Crippen LogP contribution in [0.25, 0.3) is 0 Å². The van der Waals surface area contributed by atoms with Crippen molar-refractivity contribution in [1.82, 2.24) is 20.5 Å². The van der Waals surface area contributed by atoms with E-state index < -0.39 is 58.7 Å². The highest BCUT2D eigenvalue weighted by atomic mass is 35.5. The molecule has 3 aliphatic rings. The summed E-state index contributed by atoms with van der Waals surface area (Å²) in [6.45, 7) is 6.65. The van der Waals surface area contributed by atoms with Crippen LogP contribution in [0.5, 0.6) is 11.5 Å². The highest BCUT2D eigenvalue weighted by molar-refractivity contribution is 8.01. The zero-order valence-electron chi connectivity index (χ0n) is 29.5. The average Bonchev–Trinajstić information content (AvgIpc) is 3.55. The van der Waals surface area contributed by atoms with Crippen molar-refractivity contribution in [3.8, 4) is 11.5 Å². The van der Waals surface area contributed by atoms with Gasteiger partial charge in [-0.1, -0.05) is 37.5 Å². The summed E-state index contributed by atoms with van der Waals surface area (Å²) in [5.74, 6) is -4.74. The number of aromatic hydroxyl groups is 2. The van der Waals surface area contributed by atoms with Crippen molar-refractivity contribution in [3.63, 3.8) is 0 Å². The van der Waals surface area contributed by atoms with E-state index in [4.69, 9.17) is 22.2 Å². The Morgan fingerprint density at radius 3 is 2.48 bits per heavy atom. The number of nitrogen functional groups attached to an aromatic ring is 1. The van der Waals surface area contributed by atoms with Crippen molar-refractivity contribution in [1.29, 1.82) is 0 Å². The maximum Gasteiger partial charge on any atom is 0.352 e. The number of amides is 3. The molecule has 292 valence electrons. The van der Waals surface area contributed by atoms with Gasteiger partial charge in [0.2, 0.25) is 6.10 Å². The number of hydrogen-bond donors (Lipinski definition) is 7. The van der Waals surface area contributed by atoms with E-state index in [2.05, 4.69) is 41.5 Å². The summed E-state index contributed by atoms with van der Waals surface area (Å²) < 4.78 is 0. The molecular formula is C34H41ClN6O10S3. The van der Waals surface area contributed by atoms with Crippen LogP contribution in [0.4, 0.5) is 5.13 Å². The van der Waals surface area contributed by atoms with Gasteiger partial charge in [0.1, 0.15) is 22.8 Å². The molecule has 54 heavy (non-hydrogen) atoms. The molecule has 0 spiro atoms. The average molecular weight is 825 g/mol. The number of carbonyl (C=O) groups is 5. The molecule has 1 aromatic carbocycles. The number of thiazole rings is 1. The summed E-state index contributed by atoms with van der Waals surface area (Å²) in [5, 5.41) is 49.2. The molecule has 2 aliphatic heterocycles. The number of rotatable bonds is 14. The number of phenolic OH excluding ortho intramolecular Hbond substituents is 2. The minimum atomic E-state index is -1.32. The van der Waals surface area contributed by atoms with Gasteiger partial charge in [-0.2, -0.15) is 11.8 Å². The van der Waals surface area contributed by atoms with Crippen LogP contribution in [0, 0.1) is 17.3 Å². The molecule has 1 aromatic heterocycles. The zero-order valence-corrected chi connectivity index (χ0v) is 32.7. The maximum atomic E-state index is 13.6. The Balaban J connectivity index is 1.21. The first-order valence-corrected chi connectivity index (χ1v) is 20.4. The molecule has 1 saturated carbocycles. The predicted octanol–water partition coefficient (Wildman–Crippen LogP) is 3.72. The molecule has 3 amide bonds. The van der Waals surface area contributed by atoms with Crippen molar-refractivity contribution >= 4 is 87.0 Å². The molecule has 2 aromatic rings. The Hall–Kier alpha value is -4.20. The summed E-state index contributed by atoms with van der Waals surface area (Å²) in [4.78, 5) is 75.0. The number of aromatic nitrogens is 1. The number of nitrogens with one attached hydrogen (secondary N) is 2. The molecule has 16 nitrogen and oxygen atoms in total. The number of oxime groups is 1. The van der Waals surface area contributed by atoms with Gasteiger partial charge in [0, 0.05) is 35.1 Å². The summed E-state index contributed by atoms with van der Waals surface area (Å²) in [5.41, 5.74) is 5.83. The van der Waals surface area contributed by atoms with Crippen LogP contribution in [-0.2, 0) is 24.0 Å². The molecule has 3 heterocycles. The molecule has 1 saturated heterocycles. The highest BCUT2D eigenvalue weighted by Crippen LogP contribution is 2.43. The Kier molecular flexibility index (Phi) is 13.0. The molecule has 2 fully saturated rings. The fraction of sp³-hybridized carbons (Fsp3) is 0.500. The van der Waals surface area contributed by atoms with Gasteiger partial charge in [0.15, 0.2) is 22.3 Å². The third kappa shape index (κ3) is 9.01. The molecule has 3 atom stereocenters. The topological polar surface area (TPSA) is 254 Å². The van der Waals surface area contributed by atoms with Gasteiger partial charge in [0.25, 0.3) is 17.7 Å².